The number of esters is 6. The fourth-order valence-corrected chi connectivity index (χ4v) is 14.8. The number of ether oxygens (including phenoxy) is 14. The molecule has 0 aliphatic rings. The van der Waals surface area contributed by atoms with Crippen LogP contribution in [0.5, 0.6) is 11.5 Å². The van der Waals surface area contributed by atoms with Crippen LogP contribution in [-0.2, 0) is 123 Å². The molecule has 40 nitrogen and oxygen atoms in total. The van der Waals surface area contributed by atoms with Gasteiger partial charge < -0.3 is 76.9 Å². The second kappa shape index (κ2) is 49.2. The molecule has 0 aliphatic carbocycles. The fourth-order valence-electron chi connectivity index (χ4n) is 11.6. The van der Waals surface area contributed by atoms with Crippen molar-refractivity contribution in [3.05, 3.63) is 191 Å². The van der Waals surface area contributed by atoms with Gasteiger partial charge in [-0.25, -0.2) is 38.4 Å². The fraction of sp³-hybridized carbons (Fsp3) is 0.479. The lowest BCUT2D eigenvalue weighted by molar-refractivity contribution is -0.167. The summed E-state index contributed by atoms with van der Waals surface area (Å²) in [5.41, 5.74) is -7.33. The highest BCUT2D eigenvalue weighted by molar-refractivity contribution is 7.87. The summed E-state index contributed by atoms with van der Waals surface area (Å²) in [5.74, 6) is -7.35. The van der Waals surface area contributed by atoms with Crippen molar-refractivity contribution < 1.29 is 141 Å². The molecule has 0 spiro atoms. The van der Waals surface area contributed by atoms with E-state index in [4.69, 9.17) is 66.3 Å². The van der Waals surface area contributed by atoms with Crippen molar-refractivity contribution in [1.82, 2.24) is 27.9 Å². The van der Waals surface area contributed by atoms with Crippen molar-refractivity contribution >= 4 is 116 Å². The smallest absolute Gasteiger partial charge is 0.437 e. The van der Waals surface area contributed by atoms with Gasteiger partial charge in [0, 0.05) is 24.5 Å². The van der Waals surface area contributed by atoms with E-state index in [-0.39, 0.29) is 57.0 Å². The van der Waals surface area contributed by atoms with E-state index < -0.39 is 228 Å². The first kappa shape index (κ1) is 114. The number of anilines is 2. The summed E-state index contributed by atoms with van der Waals surface area (Å²) in [6.45, 7) is 31.0. The Morgan fingerprint density at radius 3 is 0.906 bits per heavy atom. The molecule has 0 radical (unpaired) electrons. The number of rotatable bonds is 35. The molecule has 4 N–H and O–H groups in total. The van der Waals surface area contributed by atoms with Crippen molar-refractivity contribution in [1.29, 1.82) is 0 Å². The van der Waals surface area contributed by atoms with Crippen LogP contribution in [0.3, 0.4) is 0 Å². The molecule has 0 bridgehead atoms. The second-order valence-electron chi connectivity index (χ2n) is 38.8. The molecule has 754 valence electrons. The van der Waals surface area contributed by atoms with Gasteiger partial charge in [0.25, 0.3) is 0 Å². The number of benzene rings is 6. The number of carbonyl (C=O) groups is 12. The van der Waals surface area contributed by atoms with Gasteiger partial charge in [0.05, 0.1) is 63.5 Å². The second-order valence-corrected chi connectivity index (χ2v) is 42.5. The van der Waals surface area contributed by atoms with Crippen molar-refractivity contribution in [2.75, 3.05) is 50.2 Å². The van der Waals surface area contributed by atoms with Crippen molar-refractivity contribution in [3.8, 4) is 11.5 Å². The zero-order valence-electron chi connectivity index (χ0n) is 82.4. The third-order valence-corrected chi connectivity index (χ3v) is 20.7. The SMILES string of the molecule is CC(C)(C)OC(=O)C[C@@H](C(=O)OC(C)(C)C)N(CCOCCOCCN([C@@H](CC(=O)OC(C)(C)C)C(=O)OC(C)(C)C)S(=O)(=O)N(Cc1ccc(OC(=O)c2ccc(NC(=NC(=O)OC(C)(C)C)NC(=O)OC(C)(C)C)cc2)cc1)C(=O)OCc1ccccc1)S(=O)(=O)N(Cc1ccc(OC(=O)c2ccc(NC(=NC(=O)OC(C)(C)C)NC(=O)OC(C)(C)C)cc2)cc1)C(=O)OCc1ccccc1. The van der Waals surface area contributed by atoms with Crippen LogP contribution in [0, 0.1) is 0 Å². The molecule has 0 saturated carbocycles. The molecule has 138 heavy (non-hydrogen) atoms. The topological polar surface area (TPSA) is 488 Å². The number of hydrogen-bond donors (Lipinski definition) is 4. The Bertz CT molecular complexity index is 5140. The Hall–Kier alpha value is -13.2. The van der Waals surface area contributed by atoms with Gasteiger partial charge in [-0.3, -0.25) is 29.8 Å². The lowest BCUT2D eigenvalue weighted by Crippen LogP contribution is -2.55. The van der Waals surface area contributed by atoms with Gasteiger partial charge in [-0.1, -0.05) is 84.9 Å². The van der Waals surface area contributed by atoms with Crippen LogP contribution in [0.25, 0.3) is 0 Å². The number of nitrogens with one attached hydrogen (secondary N) is 4. The number of carbonyl (C=O) groups excluding carboxylic acids is 12. The number of guanidine groups is 2. The van der Waals surface area contributed by atoms with Gasteiger partial charge >= 0.3 is 92.8 Å². The lowest BCUT2D eigenvalue weighted by atomic mass is 10.1. The Kier molecular flexibility index (Phi) is 40.5. The third kappa shape index (κ3) is 42.2. The van der Waals surface area contributed by atoms with Crippen LogP contribution >= 0.6 is 0 Å². The maximum absolute atomic E-state index is 15.9. The van der Waals surface area contributed by atoms with Crippen molar-refractivity contribution in [2.24, 2.45) is 9.98 Å². The highest BCUT2D eigenvalue weighted by atomic mass is 32.2. The first-order chi connectivity index (χ1) is 63.8. The molecule has 6 amide bonds. The van der Waals surface area contributed by atoms with Crippen LogP contribution < -0.4 is 30.7 Å². The number of hydrogen-bond acceptors (Lipinski definition) is 30. The van der Waals surface area contributed by atoms with E-state index in [2.05, 4.69) is 31.3 Å². The summed E-state index contributed by atoms with van der Waals surface area (Å²) in [6.07, 6.45) is -8.96. The van der Waals surface area contributed by atoms with Gasteiger partial charge in [0.1, 0.15) is 81.6 Å². The van der Waals surface area contributed by atoms with E-state index in [0.29, 0.717) is 28.3 Å². The van der Waals surface area contributed by atoms with E-state index in [1.165, 1.54) is 180 Å². The van der Waals surface area contributed by atoms with Crippen LogP contribution in [0.1, 0.15) is 222 Å². The van der Waals surface area contributed by atoms with Gasteiger partial charge in [-0.05, 0) is 261 Å². The van der Waals surface area contributed by atoms with Crippen LogP contribution in [0.15, 0.2) is 168 Å². The Balaban J connectivity index is 1.31. The minimum atomic E-state index is -5.50. The summed E-state index contributed by atoms with van der Waals surface area (Å²) in [7, 11) is -11.0. The minimum Gasteiger partial charge on any atom is -0.460 e. The summed E-state index contributed by atoms with van der Waals surface area (Å²) in [4.78, 5) is 173. The van der Waals surface area contributed by atoms with Crippen molar-refractivity contribution in [3.63, 3.8) is 0 Å². The van der Waals surface area contributed by atoms with Crippen molar-refractivity contribution in [2.45, 2.75) is 262 Å². The quantitative estimate of drug-likeness (QED) is 0.00717. The molecule has 0 aromatic heterocycles. The predicted octanol–water partition coefficient (Wildman–Crippen LogP) is 15.6. The molecular weight excluding hydrogens is 1840 g/mol. The maximum atomic E-state index is 15.9. The van der Waals surface area contributed by atoms with Crippen LogP contribution in [0.2, 0.25) is 0 Å². The summed E-state index contributed by atoms with van der Waals surface area (Å²) >= 11 is 0. The normalized spacial score (nSPS) is 12.9. The molecule has 2 atom stereocenters. The van der Waals surface area contributed by atoms with E-state index in [0.717, 1.165) is 0 Å². The summed E-state index contributed by atoms with van der Waals surface area (Å²) in [6, 6.07) is 33.7. The molecule has 0 heterocycles. The van der Waals surface area contributed by atoms with Gasteiger partial charge in [0.15, 0.2) is 0 Å². The molecule has 0 unspecified atom stereocenters. The lowest BCUT2D eigenvalue weighted by Gasteiger charge is -2.35. The highest BCUT2D eigenvalue weighted by Crippen LogP contribution is 2.30. The molecule has 6 aromatic carbocycles. The first-order valence-electron chi connectivity index (χ1n) is 43.8. The Morgan fingerprint density at radius 1 is 0.333 bits per heavy atom. The van der Waals surface area contributed by atoms with E-state index in [1.807, 2.05) is 0 Å². The third-order valence-electron chi connectivity index (χ3n) is 17.0. The largest absolute Gasteiger partial charge is 0.460 e. The monoisotopic (exact) mass is 1960 g/mol. The van der Waals surface area contributed by atoms with E-state index in [1.54, 1.807) is 144 Å². The average Bonchev–Trinajstić information content (AvgIpc) is 0.780. The maximum Gasteiger partial charge on any atom is 0.437 e. The van der Waals surface area contributed by atoms with Crippen LogP contribution in [-0.4, -0.2) is 215 Å². The number of aliphatic imine (C=N–C) groups is 2. The van der Waals surface area contributed by atoms with Gasteiger partial charge in [-0.15, -0.1) is 9.98 Å². The zero-order valence-corrected chi connectivity index (χ0v) is 84.0. The highest BCUT2D eigenvalue weighted by Gasteiger charge is 2.47. The molecule has 6 aromatic rings. The standard InChI is InChI=1S/C96H128N10O30S2/c1-89(2,3)129-75(107)57-73(79(111)131-91(7,8)9)103(137(119,120)105(87(117)125-61-65-31-27-25-28-32-65)59-63-35-47-71(48-36-63)127-77(109)67-39-43-69(44-40-67)97-81(99-83(113)133-93(13,14)15)100-84(114)134-94(16,17)18)51-53-123-55-56-124-54-52-104(74(80(112)132-92(10,11)12)58-76(108)130-90(4,5)6)138(121,122)106(88(118)126-62-66-33-29-26-30-34-66)60-64-37-49-72(50-38-64)128-78(110)68-41-45-70(46-42-68)98-82(101-85(115)135-95(19,20)21)102-86(116)136-96(22,23)24/h25-50,73-74H,51-62H2,1-24H3,(H2,97,99,100,113,114)(H2,98,101,102,115,116)/t73-,74-/m0/s1. The van der Waals surface area contributed by atoms with Gasteiger partial charge in [0.2, 0.25) is 11.9 Å². The Morgan fingerprint density at radius 2 is 0.623 bits per heavy atom. The molecule has 0 saturated heterocycles. The number of alkyl carbamates (subject to hydrolysis) is 2. The predicted molar refractivity (Wildman–Crippen MR) is 506 cm³/mol. The number of nitrogens with zero attached hydrogens (tertiary/aromatic N) is 6. The average molecular weight is 1970 g/mol. The molecule has 6 rings (SSSR count). The molecule has 0 fully saturated rings. The minimum absolute atomic E-state index is 0.00375. The zero-order chi connectivity index (χ0) is 103. The summed E-state index contributed by atoms with van der Waals surface area (Å²) < 4.78 is 144. The summed E-state index contributed by atoms with van der Waals surface area (Å²) in [5, 5.41) is 10.3. The first-order valence-corrected chi connectivity index (χ1v) is 46.6. The molecular formula is C96H128N10O30S2. The molecule has 0 aliphatic heterocycles. The van der Waals surface area contributed by atoms with Gasteiger partial charge in [-0.2, -0.15) is 34.1 Å². The van der Waals surface area contributed by atoms with Crippen LogP contribution in [0.4, 0.5) is 40.1 Å². The molecule has 42 heteroatoms. The van der Waals surface area contributed by atoms with E-state index >= 15 is 16.8 Å². The Labute approximate surface area is 805 Å². The number of amides is 6. The van der Waals surface area contributed by atoms with E-state index in [9.17, 15) is 57.5 Å².